The fourth-order valence-corrected chi connectivity index (χ4v) is 3.16. The minimum atomic E-state index is -0.494. The Labute approximate surface area is 160 Å². The Kier molecular flexibility index (Phi) is 5.47. The van der Waals surface area contributed by atoms with Gasteiger partial charge in [-0.15, -0.1) is 6.58 Å². The Morgan fingerprint density at radius 2 is 2.04 bits per heavy atom. The predicted octanol–water partition coefficient (Wildman–Crippen LogP) is 5.43. The van der Waals surface area contributed by atoms with Crippen LogP contribution in [0.2, 0.25) is 0 Å². The molecule has 4 nitrogen and oxygen atoms in total. The van der Waals surface area contributed by atoms with Crippen molar-refractivity contribution in [1.29, 1.82) is 0 Å². The molecule has 0 fully saturated rings. The summed E-state index contributed by atoms with van der Waals surface area (Å²) in [4.78, 5) is 12.5. The minimum absolute atomic E-state index is 0.0623. The average Bonchev–Trinajstić information content (AvgIpc) is 2.66. The van der Waals surface area contributed by atoms with Gasteiger partial charge in [0.1, 0.15) is 17.9 Å². The van der Waals surface area contributed by atoms with E-state index in [2.05, 4.69) is 22.5 Å². The summed E-state index contributed by atoms with van der Waals surface area (Å²) < 4.78 is 17.5. The second kappa shape index (κ2) is 7.79. The van der Waals surface area contributed by atoms with E-state index in [1.807, 2.05) is 43.3 Å². The summed E-state index contributed by atoms with van der Waals surface area (Å²) in [6.07, 6.45) is 1.79. The van der Waals surface area contributed by atoms with Crippen LogP contribution in [0, 0.1) is 0 Å². The highest BCUT2D eigenvalue weighted by atomic mass is 79.9. The number of allylic oxidation sites excluding steroid dienone is 1. The van der Waals surface area contributed by atoms with Crippen LogP contribution >= 0.6 is 15.9 Å². The smallest absolute Gasteiger partial charge is 0.379 e. The van der Waals surface area contributed by atoms with E-state index < -0.39 is 5.63 Å². The monoisotopic (exact) mass is 414 g/mol. The van der Waals surface area contributed by atoms with Gasteiger partial charge in [0.25, 0.3) is 0 Å². The second-order valence-corrected chi connectivity index (χ2v) is 6.75. The molecule has 0 spiro atoms. The molecule has 0 aliphatic heterocycles. The molecule has 26 heavy (non-hydrogen) atoms. The van der Waals surface area contributed by atoms with Gasteiger partial charge in [0, 0.05) is 26.9 Å². The molecule has 1 aromatic heterocycles. The molecule has 1 unspecified atom stereocenters. The molecular formula is C21H19BrO4. The molecule has 134 valence electrons. The van der Waals surface area contributed by atoms with Crippen molar-refractivity contribution in [2.24, 2.45) is 0 Å². The van der Waals surface area contributed by atoms with Gasteiger partial charge in [-0.1, -0.05) is 47.1 Å². The van der Waals surface area contributed by atoms with E-state index in [1.54, 1.807) is 19.3 Å². The summed E-state index contributed by atoms with van der Waals surface area (Å²) in [6, 6.07) is 13.0. The maximum Gasteiger partial charge on any atom is 0.379 e. The van der Waals surface area contributed by atoms with E-state index in [-0.39, 0.29) is 18.3 Å². The van der Waals surface area contributed by atoms with Gasteiger partial charge in [-0.25, -0.2) is 4.79 Å². The first-order chi connectivity index (χ1) is 12.5. The topological polar surface area (TPSA) is 48.7 Å². The largest absolute Gasteiger partial charge is 0.497 e. The summed E-state index contributed by atoms with van der Waals surface area (Å²) in [5.74, 6) is 0.871. The summed E-state index contributed by atoms with van der Waals surface area (Å²) in [6.45, 7) is 6.04. The van der Waals surface area contributed by atoms with E-state index >= 15 is 0 Å². The molecule has 2 aromatic carbocycles. The van der Waals surface area contributed by atoms with Crippen molar-refractivity contribution < 1.29 is 13.9 Å². The van der Waals surface area contributed by atoms with Crippen molar-refractivity contribution in [1.82, 2.24) is 0 Å². The van der Waals surface area contributed by atoms with Gasteiger partial charge < -0.3 is 13.9 Å². The first-order valence-corrected chi connectivity index (χ1v) is 8.98. The SMILES string of the molecule is C=CC(C)c1c(OCc2cc(OC)ccc2Br)c(=O)oc2ccccc12. The lowest BCUT2D eigenvalue weighted by molar-refractivity contribution is 0.286. The van der Waals surface area contributed by atoms with Crippen LogP contribution < -0.4 is 15.1 Å². The highest BCUT2D eigenvalue weighted by Crippen LogP contribution is 2.33. The number of halogens is 1. The minimum Gasteiger partial charge on any atom is -0.497 e. The molecule has 0 radical (unpaired) electrons. The Balaban J connectivity index is 2.06. The van der Waals surface area contributed by atoms with Crippen molar-refractivity contribution in [2.45, 2.75) is 19.4 Å². The molecule has 0 N–H and O–H groups in total. The maximum absolute atomic E-state index is 12.5. The van der Waals surface area contributed by atoms with Crippen LogP contribution in [0.15, 0.2) is 68.8 Å². The van der Waals surface area contributed by atoms with E-state index in [4.69, 9.17) is 13.9 Å². The Hall–Kier alpha value is -2.53. The zero-order chi connectivity index (χ0) is 18.7. The standard InChI is InChI=1S/C21H19BrO4/c1-4-13(2)19-16-7-5-6-8-18(16)26-21(23)20(19)25-12-14-11-15(24-3)9-10-17(14)22/h4-11,13H,1,12H2,2-3H3. The Bertz CT molecular complexity index is 1010. The first kappa shape index (κ1) is 18.3. The molecule has 0 bridgehead atoms. The van der Waals surface area contributed by atoms with E-state index in [1.165, 1.54) is 0 Å². The quantitative estimate of drug-likeness (QED) is 0.398. The molecule has 0 amide bonds. The van der Waals surface area contributed by atoms with Crippen molar-refractivity contribution in [3.63, 3.8) is 0 Å². The molecule has 1 atom stereocenters. The molecule has 5 heteroatoms. The van der Waals surface area contributed by atoms with Crippen LogP contribution in [-0.4, -0.2) is 7.11 Å². The third-order valence-corrected chi connectivity index (χ3v) is 5.02. The molecule has 0 saturated heterocycles. The van der Waals surface area contributed by atoms with Gasteiger partial charge in [0.15, 0.2) is 0 Å². The van der Waals surface area contributed by atoms with E-state index in [0.29, 0.717) is 5.58 Å². The highest BCUT2D eigenvalue weighted by molar-refractivity contribution is 9.10. The Morgan fingerprint density at radius 1 is 1.27 bits per heavy atom. The highest BCUT2D eigenvalue weighted by Gasteiger charge is 2.20. The van der Waals surface area contributed by atoms with Gasteiger partial charge in [0.2, 0.25) is 5.75 Å². The summed E-state index contributed by atoms with van der Waals surface area (Å²) in [5.41, 5.74) is 1.70. The Morgan fingerprint density at radius 3 is 2.77 bits per heavy atom. The zero-order valence-electron chi connectivity index (χ0n) is 14.6. The van der Waals surface area contributed by atoms with Crippen LogP contribution in [0.1, 0.15) is 24.0 Å². The van der Waals surface area contributed by atoms with Gasteiger partial charge in [-0.3, -0.25) is 0 Å². The zero-order valence-corrected chi connectivity index (χ0v) is 16.2. The van der Waals surface area contributed by atoms with Crippen molar-refractivity contribution in [2.75, 3.05) is 7.11 Å². The first-order valence-electron chi connectivity index (χ1n) is 8.18. The third kappa shape index (κ3) is 3.53. The molecule has 0 saturated carbocycles. The molecule has 0 aliphatic carbocycles. The van der Waals surface area contributed by atoms with Gasteiger partial charge >= 0.3 is 5.63 Å². The predicted molar refractivity (Wildman–Crippen MR) is 106 cm³/mol. The number of para-hydroxylation sites is 1. The van der Waals surface area contributed by atoms with Crippen LogP contribution in [0.5, 0.6) is 11.5 Å². The number of methoxy groups -OCH3 is 1. The number of hydrogen-bond donors (Lipinski definition) is 0. The number of benzene rings is 2. The normalized spacial score (nSPS) is 12.0. The van der Waals surface area contributed by atoms with Crippen molar-refractivity contribution >= 4 is 26.9 Å². The number of hydrogen-bond acceptors (Lipinski definition) is 4. The lowest BCUT2D eigenvalue weighted by atomic mass is 9.97. The van der Waals surface area contributed by atoms with Gasteiger partial charge in [0.05, 0.1) is 7.11 Å². The fourth-order valence-electron chi connectivity index (χ4n) is 2.80. The lowest BCUT2D eigenvalue weighted by Crippen LogP contribution is -2.12. The molecule has 0 aliphatic rings. The van der Waals surface area contributed by atoms with Crippen LogP contribution in [0.25, 0.3) is 11.0 Å². The van der Waals surface area contributed by atoms with E-state index in [0.717, 1.165) is 26.7 Å². The molecular weight excluding hydrogens is 396 g/mol. The molecule has 1 heterocycles. The van der Waals surface area contributed by atoms with Crippen LogP contribution in [-0.2, 0) is 6.61 Å². The number of ether oxygens (including phenoxy) is 2. The van der Waals surface area contributed by atoms with Gasteiger partial charge in [-0.05, 0) is 24.3 Å². The number of fused-ring (bicyclic) bond motifs is 1. The summed E-state index contributed by atoms with van der Waals surface area (Å²) in [5, 5.41) is 0.846. The second-order valence-electron chi connectivity index (χ2n) is 5.90. The maximum atomic E-state index is 12.5. The average molecular weight is 415 g/mol. The van der Waals surface area contributed by atoms with Crippen molar-refractivity contribution in [3.8, 4) is 11.5 Å². The molecule has 3 aromatic rings. The third-order valence-electron chi connectivity index (χ3n) is 4.24. The summed E-state index contributed by atoms with van der Waals surface area (Å²) in [7, 11) is 1.61. The number of rotatable bonds is 6. The van der Waals surface area contributed by atoms with Gasteiger partial charge in [-0.2, -0.15) is 0 Å². The fraction of sp³-hybridized carbons (Fsp3) is 0.190. The summed E-state index contributed by atoms with van der Waals surface area (Å²) >= 11 is 3.50. The van der Waals surface area contributed by atoms with Crippen molar-refractivity contribution in [3.05, 3.63) is 81.1 Å². The lowest BCUT2D eigenvalue weighted by Gasteiger charge is -2.16. The van der Waals surface area contributed by atoms with Crippen LogP contribution in [0.4, 0.5) is 0 Å². The molecule has 3 rings (SSSR count). The van der Waals surface area contributed by atoms with Crippen LogP contribution in [0.3, 0.4) is 0 Å². The van der Waals surface area contributed by atoms with E-state index in [9.17, 15) is 4.79 Å².